The van der Waals surface area contributed by atoms with Crippen LogP contribution in [-0.4, -0.2) is 55.7 Å². The third kappa shape index (κ3) is 3.99. The van der Waals surface area contributed by atoms with Crippen LogP contribution >= 0.6 is 0 Å². The average molecular weight is 334 g/mol. The van der Waals surface area contributed by atoms with Gasteiger partial charge in [0.15, 0.2) is 0 Å². The van der Waals surface area contributed by atoms with Crippen LogP contribution in [0.4, 0.5) is 0 Å². The first-order chi connectivity index (χ1) is 11.3. The molecule has 0 bridgehead atoms. The second kappa shape index (κ2) is 6.60. The Morgan fingerprint density at radius 1 is 1.21 bits per heavy atom. The van der Waals surface area contributed by atoms with Gasteiger partial charge in [-0.25, -0.2) is 9.67 Å². The Kier molecular flexibility index (Phi) is 4.69. The molecule has 24 heavy (non-hydrogen) atoms. The first-order valence-corrected chi connectivity index (χ1v) is 8.36. The zero-order valence-electron chi connectivity index (χ0n) is 15.1. The van der Waals surface area contributed by atoms with Gasteiger partial charge in [0, 0.05) is 18.5 Å². The molecule has 1 saturated heterocycles. The van der Waals surface area contributed by atoms with E-state index in [1.165, 1.54) is 0 Å². The van der Waals surface area contributed by atoms with Crippen LogP contribution in [0.2, 0.25) is 0 Å². The number of rotatable bonds is 4. The van der Waals surface area contributed by atoms with Crippen LogP contribution in [0.1, 0.15) is 44.2 Å². The molecule has 0 radical (unpaired) electrons. The molecule has 0 N–H and O–H groups in total. The van der Waals surface area contributed by atoms with Crippen LogP contribution in [0.25, 0.3) is 0 Å². The summed E-state index contributed by atoms with van der Waals surface area (Å²) in [6.07, 6.45) is 0.0866. The van der Waals surface area contributed by atoms with Crippen molar-refractivity contribution < 1.29 is 9.15 Å². The lowest BCUT2D eigenvalue weighted by atomic mass is 9.97. The van der Waals surface area contributed by atoms with E-state index in [0.717, 1.165) is 24.7 Å². The van der Waals surface area contributed by atoms with E-state index in [1.54, 1.807) is 0 Å². The quantitative estimate of drug-likeness (QED) is 0.837. The highest BCUT2D eigenvalue weighted by Gasteiger charge is 2.25. The minimum absolute atomic E-state index is 0.0866. The molecule has 8 heteroatoms. The van der Waals surface area contributed by atoms with E-state index in [4.69, 9.17) is 9.15 Å². The molecule has 0 aliphatic carbocycles. The zero-order valence-corrected chi connectivity index (χ0v) is 15.1. The van der Waals surface area contributed by atoms with Crippen LogP contribution in [-0.2, 0) is 23.2 Å². The minimum atomic E-state index is -0.124. The third-order valence-corrected chi connectivity index (χ3v) is 4.03. The Morgan fingerprint density at radius 3 is 2.62 bits per heavy atom. The first-order valence-electron chi connectivity index (χ1n) is 8.36. The van der Waals surface area contributed by atoms with Crippen molar-refractivity contribution in [3.8, 4) is 0 Å². The van der Waals surface area contributed by atoms with Gasteiger partial charge in [0.1, 0.15) is 11.6 Å². The van der Waals surface area contributed by atoms with Gasteiger partial charge in [0.25, 0.3) is 0 Å². The van der Waals surface area contributed by atoms with Crippen LogP contribution in [0.3, 0.4) is 0 Å². The maximum absolute atomic E-state index is 5.88. The molecule has 2 aromatic heterocycles. The fraction of sp³-hybridized carbons (Fsp3) is 0.750. The number of hydrogen-bond acceptors (Lipinski definition) is 7. The monoisotopic (exact) mass is 334 g/mol. The van der Waals surface area contributed by atoms with Gasteiger partial charge in [-0.15, -0.1) is 10.2 Å². The summed E-state index contributed by atoms with van der Waals surface area (Å²) in [7, 11) is 0. The van der Waals surface area contributed by atoms with Crippen LogP contribution in [0.15, 0.2) is 4.42 Å². The highest BCUT2D eigenvalue weighted by Crippen LogP contribution is 2.21. The van der Waals surface area contributed by atoms with E-state index < -0.39 is 0 Å². The van der Waals surface area contributed by atoms with E-state index in [1.807, 2.05) is 18.5 Å². The lowest BCUT2D eigenvalue weighted by Crippen LogP contribution is -2.44. The molecule has 3 rings (SSSR count). The van der Waals surface area contributed by atoms with Crippen molar-refractivity contribution in [2.24, 2.45) is 0 Å². The molecular weight excluding hydrogens is 308 g/mol. The number of ether oxygens (including phenoxy) is 1. The third-order valence-electron chi connectivity index (χ3n) is 4.03. The molecule has 1 fully saturated rings. The topological polar surface area (TPSA) is 82.1 Å². The van der Waals surface area contributed by atoms with Gasteiger partial charge >= 0.3 is 0 Å². The molecule has 0 unspecified atom stereocenters. The van der Waals surface area contributed by atoms with Crippen LogP contribution in [0.5, 0.6) is 0 Å². The highest BCUT2D eigenvalue weighted by atomic mass is 16.5. The molecule has 0 aromatic carbocycles. The summed E-state index contributed by atoms with van der Waals surface area (Å²) in [4.78, 5) is 6.62. The lowest BCUT2D eigenvalue weighted by Gasteiger charge is -2.32. The Labute approximate surface area is 142 Å². The minimum Gasteiger partial charge on any atom is -0.423 e. The molecule has 132 valence electrons. The number of aromatic nitrogens is 5. The fourth-order valence-electron chi connectivity index (χ4n) is 2.77. The summed E-state index contributed by atoms with van der Waals surface area (Å²) in [6.45, 7) is 13.8. The van der Waals surface area contributed by atoms with E-state index in [2.05, 4.69) is 46.0 Å². The van der Waals surface area contributed by atoms with Crippen molar-refractivity contribution in [2.75, 3.05) is 19.7 Å². The maximum atomic E-state index is 5.88. The standard InChI is InChI=1S/C16H26N6O2/c1-11-17-12(2)22(20-11)9-13-8-21(6-7-23-13)10-14-18-19-15(24-14)16(3,4)5/h13H,6-10H2,1-5H3/t13-/m1/s1. The Morgan fingerprint density at radius 2 is 2.00 bits per heavy atom. The molecule has 2 aromatic rings. The van der Waals surface area contributed by atoms with Crippen LogP contribution < -0.4 is 0 Å². The molecule has 1 atom stereocenters. The van der Waals surface area contributed by atoms with Gasteiger partial charge in [-0.1, -0.05) is 20.8 Å². The van der Waals surface area contributed by atoms with Gasteiger partial charge in [0.05, 0.1) is 25.8 Å². The zero-order chi connectivity index (χ0) is 17.3. The number of hydrogen-bond donors (Lipinski definition) is 0. The maximum Gasteiger partial charge on any atom is 0.230 e. The Balaban J connectivity index is 1.59. The SMILES string of the molecule is Cc1nc(C)n(C[C@H]2CN(Cc3nnc(C(C)(C)C)o3)CCO2)n1. The van der Waals surface area contributed by atoms with E-state index in [0.29, 0.717) is 31.5 Å². The Hall–Kier alpha value is -1.80. The molecule has 3 heterocycles. The molecule has 0 saturated carbocycles. The van der Waals surface area contributed by atoms with E-state index in [9.17, 15) is 0 Å². The highest BCUT2D eigenvalue weighted by molar-refractivity contribution is 4.96. The van der Waals surface area contributed by atoms with Crippen molar-refractivity contribution in [2.45, 2.75) is 59.2 Å². The van der Waals surface area contributed by atoms with Gasteiger partial charge in [0.2, 0.25) is 11.8 Å². The van der Waals surface area contributed by atoms with E-state index >= 15 is 0 Å². The largest absolute Gasteiger partial charge is 0.423 e. The summed E-state index contributed by atoms with van der Waals surface area (Å²) in [5, 5.41) is 12.7. The second-order valence-electron chi connectivity index (χ2n) is 7.37. The molecule has 0 spiro atoms. The second-order valence-corrected chi connectivity index (χ2v) is 7.37. The van der Waals surface area contributed by atoms with Crippen LogP contribution in [0, 0.1) is 13.8 Å². The smallest absolute Gasteiger partial charge is 0.230 e. The number of aryl methyl sites for hydroxylation is 2. The van der Waals surface area contributed by atoms with Gasteiger partial charge < -0.3 is 9.15 Å². The summed E-state index contributed by atoms with van der Waals surface area (Å²) in [5.74, 6) is 3.05. The number of nitrogens with zero attached hydrogens (tertiary/aromatic N) is 6. The number of morpholine rings is 1. The molecule has 0 amide bonds. The van der Waals surface area contributed by atoms with Crippen molar-refractivity contribution in [1.82, 2.24) is 29.9 Å². The fourth-order valence-corrected chi connectivity index (χ4v) is 2.77. The average Bonchev–Trinajstić information content (AvgIpc) is 3.06. The molecule has 8 nitrogen and oxygen atoms in total. The molecule has 1 aliphatic rings. The predicted molar refractivity (Wildman–Crippen MR) is 87.5 cm³/mol. The van der Waals surface area contributed by atoms with Gasteiger partial charge in [-0.2, -0.15) is 5.10 Å². The summed E-state index contributed by atoms with van der Waals surface area (Å²) < 4.78 is 13.6. The predicted octanol–water partition coefficient (Wildman–Crippen LogP) is 1.48. The lowest BCUT2D eigenvalue weighted by molar-refractivity contribution is -0.0427. The van der Waals surface area contributed by atoms with Crippen molar-refractivity contribution in [1.29, 1.82) is 0 Å². The first kappa shape index (κ1) is 17.0. The van der Waals surface area contributed by atoms with Crippen molar-refractivity contribution >= 4 is 0 Å². The summed E-state index contributed by atoms with van der Waals surface area (Å²) in [6, 6.07) is 0. The van der Waals surface area contributed by atoms with Crippen molar-refractivity contribution in [3.63, 3.8) is 0 Å². The molecular formula is C16H26N6O2. The summed E-state index contributed by atoms with van der Waals surface area (Å²) >= 11 is 0. The van der Waals surface area contributed by atoms with Gasteiger partial charge in [-0.05, 0) is 13.8 Å². The van der Waals surface area contributed by atoms with Crippen molar-refractivity contribution in [3.05, 3.63) is 23.4 Å². The Bertz CT molecular complexity index is 687. The van der Waals surface area contributed by atoms with Gasteiger partial charge in [-0.3, -0.25) is 4.90 Å². The normalized spacial score (nSPS) is 19.8. The van der Waals surface area contributed by atoms with E-state index in [-0.39, 0.29) is 11.5 Å². The summed E-state index contributed by atoms with van der Waals surface area (Å²) in [5.41, 5.74) is -0.124. The molecule has 1 aliphatic heterocycles.